The van der Waals surface area contributed by atoms with Crippen molar-refractivity contribution < 1.29 is 5.11 Å². The molecule has 0 fully saturated rings. The minimum Gasteiger partial charge on any atom is -0.388 e. The average Bonchev–Trinajstić information content (AvgIpc) is 3.12. The van der Waals surface area contributed by atoms with Crippen LogP contribution in [-0.2, 0) is 6.42 Å². The molecule has 0 amide bonds. The molecular weight excluding hydrogens is 503 g/mol. The second-order valence-corrected chi connectivity index (χ2v) is 8.94. The van der Waals surface area contributed by atoms with E-state index in [9.17, 15) is 9.90 Å². The minimum atomic E-state index is -0.446. The van der Waals surface area contributed by atoms with Crippen LogP contribution >= 0.6 is 39.1 Å². The summed E-state index contributed by atoms with van der Waals surface area (Å²) in [6.07, 6.45) is 4.23. The third kappa shape index (κ3) is 3.61. The van der Waals surface area contributed by atoms with Gasteiger partial charge in [-0.25, -0.2) is 9.97 Å². The van der Waals surface area contributed by atoms with Crippen LogP contribution in [0, 0.1) is 0 Å². The van der Waals surface area contributed by atoms with Crippen LogP contribution < -0.4 is 10.9 Å². The van der Waals surface area contributed by atoms with Crippen molar-refractivity contribution in [3.05, 3.63) is 84.8 Å². The first-order valence-electron chi connectivity index (χ1n) is 9.52. The van der Waals surface area contributed by atoms with Crippen molar-refractivity contribution in [1.29, 1.82) is 0 Å². The molecule has 156 valence electrons. The van der Waals surface area contributed by atoms with Gasteiger partial charge in [0, 0.05) is 18.1 Å². The third-order valence-corrected chi connectivity index (χ3v) is 6.52. The quantitative estimate of drug-likeness (QED) is 0.371. The fourth-order valence-electron chi connectivity index (χ4n) is 3.82. The molecule has 6 nitrogen and oxygen atoms in total. The molecule has 0 bridgehead atoms. The van der Waals surface area contributed by atoms with Crippen molar-refractivity contribution in [1.82, 2.24) is 14.5 Å². The fourth-order valence-corrected chi connectivity index (χ4v) is 4.90. The van der Waals surface area contributed by atoms with Gasteiger partial charge in [0.1, 0.15) is 0 Å². The van der Waals surface area contributed by atoms with E-state index in [0.29, 0.717) is 37.1 Å². The summed E-state index contributed by atoms with van der Waals surface area (Å²) in [7, 11) is 0. The molecular formula is C22H15BrCl2N4O2. The van der Waals surface area contributed by atoms with Crippen LogP contribution in [0.2, 0.25) is 10.0 Å². The summed E-state index contributed by atoms with van der Waals surface area (Å²) in [5.41, 5.74) is 3.37. The Balaban J connectivity index is 1.57. The highest BCUT2D eigenvalue weighted by atomic mass is 79.9. The molecule has 9 heteroatoms. The number of aliphatic hydroxyl groups is 1. The van der Waals surface area contributed by atoms with Crippen LogP contribution in [0.15, 0.2) is 58.1 Å². The van der Waals surface area contributed by atoms with Gasteiger partial charge in [-0.3, -0.25) is 9.36 Å². The number of nitrogens with zero attached hydrogens (tertiary/aromatic N) is 3. The Labute approximate surface area is 195 Å². The summed E-state index contributed by atoms with van der Waals surface area (Å²) < 4.78 is 1.98. The number of hydrogen-bond donors (Lipinski definition) is 2. The molecule has 5 rings (SSSR count). The highest BCUT2D eigenvalue weighted by Crippen LogP contribution is 2.34. The number of anilines is 2. The van der Waals surface area contributed by atoms with Crippen LogP contribution in [0.25, 0.3) is 16.6 Å². The first kappa shape index (κ1) is 20.5. The molecule has 4 aromatic rings. The number of para-hydroxylation sites is 1. The smallest absolute Gasteiger partial charge is 0.266 e. The van der Waals surface area contributed by atoms with Crippen LogP contribution in [0.1, 0.15) is 23.7 Å². The molecule has 2 aromatic carbocycles. The standard InChI is InChI=1S/C22H15BrCl2N4O2/c23-15-10-29(20-16(24)2-1-3-17(20)25)21(31)14-9-26-22(28-19(14)15)27-12-6-4-11-5-7-18(30)13(11)8-12/h1-4,6,8-10,18,30H,5,7H2,(H,26,27,28). The SMILES string of the molecule is O=c1c2cnc(Nc3ccc4c(c3)C(O)CC4)nc2c(Br)cn1-c1c(Cl)cccc1Cl. The normalized spacial score (nSPS) is 15.3. The Kier molecular flexibility index (Phi) is 5.22. The number of pyridine rings is 1. The summed E-state index contributed by atoms with van der Waals surface area (Å²) in [6, 6.07) is 10.9. The third-order valence-electron chi connectivity index (χ3n) is 5.33. The van der Waals surface area contributed by atoms with E-state index in [2.05, 4.69) is 31.2 Å². The number of benzene rings is 2. The predicted octanol–water partition coefficient (Wildman–Crippen LogP) is 5.57. The molecule has 0 spiro atoms. The van der Waals surface area contributed by atoms with Gasteiger partial charge in [0.2, 0.25) is 5.95 Å². The largest absolute Gasteiger partial charge is 0.388 e. The van der Waals surface area contributed by atoms with Gasteiger partial charge in [-0.2, -0.15) is 0 Å². The monoisotopic (exact) mass is 516 g/mol. The first-order chi connectivity index (χ1) is 14.9. The molecule has 0 saturated carbocycles. The van der Waals surface area contributed by atoms with Crippen molar-refractivity contribution in [2.24, 2.45) is 0 Å². The second-order valence-electron chi connectivity index (χ2n) is 7.27. The number of rotatable bonds is 3. The van der Waals surface area contributed by atoms with Crippen LogP contribution in [0.3, 0.4) is 0 Å². The maximum absolute atomic E-state index is 13.1. The van der Waals surface area contributed by atoms with E-state index in [4.69, 9.17) is 23.2 Å². The zero-order chi connectivity index (χ0) is 21.7. The lowest BCUT2D eigenvalue weighted by molar-refractivity contribution is 0.180. The summed E-state index contributed by atoms with van der Waals surface area (Å²) in [4.78, 5) is 21.9. The lowest BCUT2D eigenvalue weighted by atomic mass is 10.1. The molecule has 0 radical (unpaired) electrons. The number of aliphatic hydroxyl groups excluding tert-OH is 1. The van der Waals surface area contributed by atoms with Gasteiger partial charge in [0.25, 0.3) is 5.56 Å². The van der Waals surface area contributed by atoms with Gasteiger partial charge in [-0.1, -0.05) is 35.3 Å². The minimum absolute atomic E-state index is 0.320. The molecule has 31 heavy (non-hydrogen) atoms. The molecule has 2 N–H and O–H groups in total. The first-order valence-corrected chi connectivity index (χ1v) is 11.1. The molecule has 1 aliphatic carbocycles. The van der Waals surface area contributed by atoms with Gasteiger partial charge in [-0.05, 0) is 64.2 Å². The number of aryl methyl sites for hydroxylation is 1. The molecule has 2 aromatic heterocycles. The van der Waals surface area contributed by atoms with E-state index in [1.54, 1.807) is 24.4 Å². The van der Waals surface area contributed by atoms with Crippen molar-refractivity contribution in [3.63, 3.8) is 0 Å². The summed E-state index contributed by atoms with van der Waals surface area (Å²) in [6.45, 7) is 0. The second kappa shape index (κ2) is 7.91. The van der Waals surface area contributed by atoms with Crippen molar-refractivity contribution in [2.75, 3.05) is 5.32 Å². The van der Waals surface area contributed by atoms with E-state index in [0.717, 1.165) is 29.7 Å². The molecule has 2 heterocycles. The van der Waals surface area contributed by atoms with E-state index >= 15 is 0 Å². The lowest BCUT2D eigenvalue weighted by Gasteiger charge is -2.13. The number of aromatic nitrogens is 3. The topological polar surface area (TPSA) is 80.0 Å². The van der Waals surface area contributed by atoms with E-state index in [-0.39, 0.29) is 5.56 Å². The Bertz CT molecular complexity index is 1390. The predicted molar refractivity (Wildman–Crippen MR) is 126 cm³/mol. The molecule has 1 atom stereocenters. The molecule has 1 unspecified atom stereocenters. The van der Waals surface area contributed by atoms with Gasteiger partial charge >= 0.3 is 0 Å². The van der Waals surface area contributed by atoms with E-state index in [1.165, 1.54) is 10.8 Å². The maximum atomic E-state index is 13.1. The van der Waals surface area contributed by atoms with Gasteiger partial charge in [0.05, 0.1) is 37.2 Å². The average molecular weight is 518 g/mol. The summed E-state index contributed by atoms with van der Waals surface area (Å²) in [5.74, 6) is 0.341. The van der Waals surface area contributed by atoms with Crippen molar-refractivity contribution >= 4 is 61.7 Å². The Morgan fingerprint density at radius 1 is 1.19 bits per heavy atom. The van der Waals surface area contributed by atoms with E-state index in [1.807, 2.05) is 18.2 Å². The highest BCUT2D eigenvalue weighted by molar-refractivity contribution is 9.10. The molecule has 0 aliphatic heterocycles. The Morgan fingerprint density at radius 2 is 1.97 bits per heavy atom. The van der Waals surface area contributed by atoms with Crippen LogP contribution in [0.4, 0.5) is 11.6 Å². The Hall–Kier alpha value is -2.45. The van der Waals surface area contributed by atoms with Crippen LogP contribution in [-0.4, -0.2) is 19.6 Å². The maximum Gasteiger partial charge on any atom is 0.266 e. The van der Waals surface area contributed by atoms with Crippen LogP contribution in [0.5, 0.6) is 0 Å². The fraction of sp³-hybridized carbons (Fsp3) is 0.136. The number of halogens is 3. The lowest BCUT2D eigenvalue weighted by Crippen LogP contribution is -2.19. The highest BCUT2D eigenvalue weighted by Gasteiger charge is 2.20. The number of nitrogens with one attached hydrogen (secondary N) is 1. The number of hydrogen-bond acceptors (Lipinski definition) is 5. The number of fused-ring (bicyclic) bond motifs is 2. The van der Waals surface area contributed by atoms with Gasteiger partial charge < -0.3 is 10.4 Å². The van der Waals surface area contributed by atoms with Gasteiger partial charge in [0.15, 0.2) is 0 Å². The summed E-state index contributed by atoms with van der Waals surface area (Å²) in [5, 5.41) is 14.3. The molecule has 1 aliphatic rings. The summed E-state index contributed by atoms with van der Waals surface area (Å²) >= 11 is 16.1. The van der Waals surface area contributed by atoms with Crippen molar-refractivity contribution in [3.8, 4) is 5.69 Å². The van der Waals surface area contributed by atoms with Crippen molar-refractivity contribution in [2.45, 2.75) is 18.9 Å². The zero-order valence-electron chi connectivity index (χ0n) is 15.9. The Morgan fingerprint density at radius 3 is 2.74 bits per heavy atom. The van der Waals surface area contributed by atoms with E-state index < -0.39 is 6.10 Å². The molecule has 0 saturated heterocycles. The zero-order valence-corrected chi connectivity index (χ0v) is 19.0. The van der Waals surface area contributed by atoms with Gasteiger partial charge in [-0.15, -0.1) is 0 Å².